The van der Waals surface area contributed by atoms with Gasteiger partial charge in [0.2, 0.25) is 0 Å². The van der Waals surface area contributed by atoms with E-state index < -0.39 is 0 Å². The fourth-order valence-electron chi connectivity index (χ4n) is 6.88. The maximum Gasteiger partial charge on any atom is 0.395 e. The Labute approximate surface area is 281 Å². The number of benzene rings is 5. The summed E-state index contributed by atoms with van der Waals surface area (Å²) in [6, 6.07) is 44.3. The monoisotopic (exact) mass is 613 g/mol. The van der Waals surface area contributed by atoms with Crippen LogP contribution in [-0.4, -0.2) is 33.5 Å². The van der Waals surface area contributed by atoms with Crippen LogP contribution in [0.2, 0.25) is 0 Å². The van der Waals surface area contributed by atoms with E-state index in [1.54, 1.807) is 0 Å². The third kappa shape index (κ3) is 4.97. The quantitative estimate of drug-likeness (QED) is 0.183. The lowest BCUT2D eigenvalue weighted by atomic mass is 9.43. The fourth-order valence-corrected chi connectivity index (χ4v) is 6.88. The molecule has 0 saturated carbocycles. The summed E-state index contributed by atoms with van der Waals surface area (Å²) in [4.78, 5) is 17.1. The van der Waals surface area contributed by atoms with Crippen molar-refractivity contribution in [2.75, 3.05) is 4.81 Å². The van der Waals surface area contributed by atoms with Crippen LogP contribution in [0.5, 0.6) is 0 Å². The van der Waals surface area contributed by atoms with Crippen molar-refractivity contribution in [3.8, 4) is 56.4 Å². The lowest BCUT2D eigenvalue weighted by Crippen LogP contribution is -2.64. The van der Waals surface area contributed by atoms with Crippen LogP contribution >= 0.6 is 0 Å². The third-order valence-electron chi connectivity index (χ3n) is 9.22. The molecule has 7 heteroatoms. The highest BCUT2D eigenvalue weighted by atomic mass is 15.2. The summed E-state index contributed by atoms with van der Waals surface area (Å²) in [6.45, 7) is 0.274. The summed E-state index contributed by atoms with van der Waals surface area (Å²) in [5.74, 6) is 6.52. The van der Waals surface area contributed by atoms with Crippen molar-refractivity contribution in [1.82, 2.24) is 19.7 Å². The number of rotatable bonds is 5. The smallest absolute Gasteiger partial charge is 0.395 e. The molecular weight excluding hydrogens is 584 g/mol. The van der Waals surface area contributed by atoms with Gasteiger partial charge in [-0.1, -0.05) is 145 Å². The molecule has 1 aromatic heterocycles. The number of anilines is 1. The summed E-state index contributed by atoms with van der Waals surface area (Å²) in [6.07, 6.45) is 12.9. The van der Waals surface area contributed by atoms with E-state index in [4.69, 9.17) is 15.0 Å². The Morgan fingerprint density at radius 1 is 0.438 bits per heavy atom. The Balaban J connectivity index is 1.17. The fraction of sp³-hybridized carbons (Fsp3) is 0. The van der Waals surface area contributed by atoms with Crippen LogP contribution in [0.3, 0.4) is 0 Å². The molecule has 48 heavy (non-hydrogen) atoms. The Kier molecular flexibility index (Phi) is 6.94. The number of hydrogen-bond acceptors (Lipinski definition) is 5. The van der Waals surface area contributed by atoms with Crippen molar-refractivity contribution in [3.63, 3.8) is 0 Å². The lowest BCUT2D eigenvalue weighted by Gasteiger charge is -2.45. The molecule has 5 aromatic carbocycles. The molecule has 0 radical (unpaired) electrons. The molecule has 0 N–H and O–H groups in total. The molecule has 0 aliphatic carbocycles. The van der Waals surface area contributed by atoms with Crippen molar-refractivity contribution in [3.05, 3.63) is 176 Å². The van der Waals surface area contributed by atoms with Gasteiger partial charge in [0.15, 0.2) is 17.5 Å². The molecular formula is C41H29B2N5. The molecule has 0 bridgehead atoms. The highest BCUT2D eigenvalue weighted by molar-refractivity contribution is 6.90. The first-order valence-electron chi connectivity index (χ1n) is 16.3. The summed E-state index contributed by atoms with van der Waals surface area (Å²) >= 11 is 0. The zero-order valence-electron chi connectivity index (χ0n) is 26.1. The topological polar surface area (TPSA) is 45.2 Å². The highest BCUT2D eigenvalue weighted by Gasteiger charge is 2.42. The first kappa shape index (κ1) is 28.1. The van der Waals surface area contributed by atoms with E-state index in [1.165, 1.54) is 27.8 Å². The molecule has 3 aliphatic heterocycles. The average molecular weight is 613 g/mol. The van der Waals surface area contributed by atoms with Gasteiger partial charge in [-0.25, -0.2) is 15.0 Å². The van der Waals surface area contributed by atoms with Crippen LogP contribution in [0, 0.1) is 0 Å². The van der Waals surface area contributed by atoms with Gasteiger partial charge >= 0.3 is 13.8 Å². The average Bonchev–Trinajstić information content (AvgIpc) is 3.18. The Morgan fingerprint density at radius 3 is 1.54 bits per heavy atom. The van der Waals surface area contributed by atoms with Crippen LogP contribution in [0.25, 0.3) is 56.4 Å². The Hall–Kier alpha value is -6.20. The normalized spacial score (nSPS) is 14.2. The maximum atomic E-state index is 4.95. The van der Waals surface area contributed by atoms with E-state index >= 15 is 0 Å². The maximum absolute atomic E-state index is 4.95. The molecule has 3 aliphatic rings. The summed E-state index contributed by atoms with van der Waals surface area (Å²) < 4.78 is 2.42. The van der Waals surface area contributed by atoms with Crippen molar-refractivity contribution < 1.29 is 0 Å². The van der Waals surface area contributed by atoms with Crippen LogP contribution in [0.15, 0.2) is 176 Å². The van der Waals surface area contributed by atoms with Crippen LogP contribution in [0.4, 0.5) is 5.69 Å². The molecule has 6 aromatic rings. The SMILES string of the molecule is C1=CB2c3cc(-c4ccccc4)c(-c4ccc(-c5nc(-c6ccccc6)nc(-c6ccccc6)n5)cc4)cc3N3C=CC=CB3N2C=C1. The van der Waals surface area contributed by atoms with Gasteiger partial charge in [0, 0.05) is 22.4 Å². The van der Waals surface area contributed by atoms with Gasteiger partial charge < -0.3 is 9.53 Å². The van der Waals surface area contributed by atoms with Crippen molar-refractivity contribution in [1.29, 1.82) is 0 Å². The van der Waals surface area contributed by atoms with Crippen molar-refractivity contribution in [2.24, 2.45) is 0 Å². The second kappa shape index (κ2) is 11.9. The molecule has 0 atom stereocenters. The Morgan fingerprint density at radius 2 is 0.917 bits per heavy atom. The zero-order valence-corrected chi connectivity index (χ0v) is 26.1. The summed E-state index contributed by atoms with van der Waals surface area (Å²) in [5.41, 5.74) is 10.1. The minimum absolute atomic E-state index is 0.118. The standard InChI is InChI=1S/C41H29B2N5/c1-4-14-30(15-5-1)35-28-37-38(47-26-12-11-25-43(47)48-27-13-10-24-42(37)48)29-36(35)31-20-22-34(23-21-31)41-45-39(32-16-6-2-7-17-32)44-40(46-41)33-18-8-3-9-19-33/h1-29H. The number of fused-ring (bicyclic) bond motifs is 6. The lowest BCUT2D eigenvalue weighted by molar-refractivity contribution is 0.878. The number of hydrogen-bond donors (Lipinski definition) is 0. The van der Waals surface area contributed by atoms with Gasteiger partial charge in [-0.3, -0.25) is 0 Å². The second-order valence-electron chi connectivity index (χ2n) is 12.1. The van der Waals surface area contributed by atoms with Crippen LogP contribution < -0.4 is 10.3 Å². The second-order valence-corrected chi connectivity index (χ2v) is 12.1. The summed E-state index contributed by atoms with van der Waals surface area (Å²) in [7, 11) is 0. The Bertz CT molecular complexity index is 2190. The first-order chi connectivity index (χ1) is 23.8. The van der Waals surface area contributed by atoms with Crippen molar-refractivity contribution >= 4 is 25.0 Å². The van der Waals surface area contributed by atoms with E-state index in [0.29, 0.717) is 17.5 Å². The van der Waals surface area contributed by atoms with E-state index in [-0.39, 0.29) is 13.8 Å². The minimum Gasteiger partial charge on any atom is -0.437 e. The predicted octanol–water partition coefficient (Wildman–Crippen LogP) is 8.26. The van der Waals surface area contributed by atoms with E-state index in [1.807, 2.05) is 60.7 Å². The molecule has 0 saturated heterocycles. The van der Waals surface area contributed by atoms with Gasteiger partial charge in [-0.05, 0) is 58.3 Å². The van der Waals surface area contributed by atoms with E-state index in [2.05, 4.69) is 125 Å². The predicted molar refractivity (Wildman–Crippen MR) is 199 cm³/mol. The number of aromatic nitrogens is 3. The molecule has 4 heterocycles. The number of nitrogens with zero attached hydrogens (tertiary/aromatic N) is 5. The van der Waals surface area contributed by atoms with Crippen molar-refractivity contribution in [2.45, 2.75) is 0 Å². The third-order valence-corrected chi connectivity index (χ3v) is 9.22. The zero-order chi connectivity index (χ0) is 31.9. The molecule has 224 valence electrons. The van der Waals surface area contributed by atoms with Gasteiger partial charge in [0.05, 0.1) is 0 Å². The molecule has 0 amide bonds. The van der Waals surface area contributed by atoms with Gasteiger partial charge in [-0.2, -0.15) is 0 Å². The first-order valence-corrected chi connectivity index (χ1v) is 16.3. The highest BCUT2D eigenvalue weighted by Crippen LogP contribution is 2.38. The number of allylic oxidation sites excluding steroid dienone is 4. The van der Waals surface area contributed by atoms with Gasteiger partial charge in [0.1, 0.15) is 0 Å². The minimum atomic E-state index is 0.118. The van der Waals surface area contributed by atoms with E-state index in [0.717, 1.165) is 22.3 Å². The molecule has 0 spiro atoms. The largest absolute Gasteiger partial charge is 0.437 e. The van der Waals surface area contributed by atoms with E-state index in [9.17, 15) is 0 Å². The van der Waals surface area contributed by atoms with Gasteiger partial charge in [0.25, 0.3) is 0 Å². The molecule has 0 fully saturated rings. The molecule has 5 nitrogen and oxygen atoms in total. The molecule has 9 rings (SSSR count). The van der Waals surface area contributed by atoms with Crippen LogP contribution in [-0.2, 0) is 0 Å². The van der Waals surface area contributed by atoms with Gasteiger partial charge in [-0.15, -0.1) is 0 Å². The molecule has 0 unspecified atom stereocenters. The summed E-state index contributed by atoms with van der Waals surface area (Å²) in [5, 5.41) is 0. The van der Waals surface area contributed by atoms with Crippen LogP contribution in [0.1, 0.15) is 0 Å².